The van der Waals surface area contributed by atoms with E-state index in [2.05, 4.69) is 26.8 Å². The van der Waals surface area contributed by atoms with Crippen molar-refractivity contribution in [1.82, 2.24) is 19.5 Å². The van der Waals surface area contributed by atoms with Gasteiger partial charge in [-0.1, -0.05) is 12.8 Å². The molecule has 1 aliphatic heterocycles. The van der Waals surface area contributed by atoms with Gasteiger partial charge in [-0.3, -0.25) is 14.3 Å². The second-order valence-corrected chi connectivity index (χ2v) is 5.58. The molecule has 5 N–H and O–H groups in total. The van der Waals surface area contributed by atoms with E-state index in [0.717, 1.165) is 0 Å². The molecule has 0 amide bonds. The first-order valence-corrected chi connectivity index (χ1v) is 7.82. The van der Waals surface area contributed by atoms with E-state index in [-0.39, 0.29) is 23.7 Å². The van der Waals surface area contributed by atoms with Crippen LogP contribution in [-0.4, -0.2) is 60.6 Å². The number of ether oxygens (including phenoxy) is 2. The van der Waals surface area contributed by atoms with Gasteiger partial charge in [-0.15, -0.1) is 0 Å². The van der Waals surface area contributed by atoms with E-state index >= 15 is 0 Å². The molecular formula is C15H17N5O6. The van der Waals surface area contributed by atoms with Gasteiger partial charge >= 0.3 is 5.97 Å². The quantitative estimate of drug-likeness (QED) is 0.282. The fourth-order valence-corrected chi connectivity index (χ4v) is 2.58. The molecule has 1 fully saturated rings. The van der Waals surface area contributed by atoms with Crippen molar-refractivity contribution < 1.29 is 24.5 Å². The number of aliphatic hydroxyl groups excluding tert-OH is 2. The maximum absolute atomic E-state index is 11.8. The van der Waals surface area contributed by atoms with E-state index < -0.39 is 36.1 Å². The van der Waals surface area contributed by atoms with Gasteiger partial charge in [0.1, 0.15) is 24.9 Å². The number of aromatic amines is 1. The van der Waals surface area contributed by atoms with Crippen molar-refractivity contribution in [2.75, 3.05) is 12.3 Å². The molecule has 4 atom stereocenters. The van der Waals surface area contributed by atoms with Gasteiger partial charge in [0.15, 0.2) is 17.4 Å². The van der Waals surface area contributed by atoms with Crippen LogP contribution in [0.25, 0.3) is 11.2 Å². The first kappa shape index (κ1) is 17.9. The van der Waals surface area contributed by atoms with Crippen LogP contribution in [0, 0.1) is 11.8 Å². The van der Waals surface area contributed by atoms with E-state index in [1.165, 1.54) is 10.9 Å². The molecule has 11 nitrogen and oxygen atoms in total. The minimum absolute atomic E-state index is 0.00853. The predicted octanol–water partition coefficient (Wildman–Crippen LogP) is -1.72. The monoisotopic (exact) mass is 363 g/mol. The second-order valence-electron chi connectivity index (χ2n) is 5.58. The maximum atomic E-state index is 11.8. The fraction of sp³-hybridized carbons (Fsp3) is 0.467. The van der Waals surface area contributed by atoms with Gasteiger partial charge in [-0.05, 0) is 0 Å². The number of esters is 1. The third-order valence-corrected chi connectivity index (χ3v) is 3.81. The summed E-state index contributed by atoms with van der Waals surface area (Å²) in [5.74, 6) is 3.95. The summed E-state index contributed by atoms with van der Waals surface area (Å²) in [6.45, 7) is 1.49. The SMILES string of the molecule is CCC#CC(=O)OC[C@H]1O[C@@H](n2cnc3c(=O)[nH]c(N)nc32)[C@H](O)[C@@H]1O. The van der Waals surface area contributed by atoms with Crippen LogP contribution >= 0.6 is 0 Å². The van der Waals surface area contributed by atoms with Crippen LogP contribution in [0.1, 0.15) is 19.6 Å². The van der Waals surface area contributed by atoms with E-state index in [1.807, 2.05) is 0 Å². The molecule has 2 aromatic heterocycles. The van der Waals surface area contributed by atoms with Gasteiger partial charge in [0.05, 0.1) is 6.33 Å². The molecular weight excluding hydrogens is 346 g/mol. The lowest BCUT2D eigenvalue weighted by Gasteiger charge is -2.16. The average Bonchev–Trinajstić information content (AvgIpc) is 3.13. The molecule has 0 bridgehead atoms. The van der Waals surface area contributed by atoms with Crippen molar-refractivity contribution in [1.29, 1.82) is 0 Å². The smallest absolute Gasteiger partial charge is 0.384 e. The summed E-state index contributed by atoms with van der Waals surface area (Å²) in [5, 5.41) is 20.4. The van der Waals surface area contributed by atoms with Crippen molar-refractivity contribution in [2.45, 2.75) is 37.9 Å². The minimum atomic E-state index is -1.36. The summed E-state index contributed by atoms with van der Waals surface area (Å²) < 4.78 is 11.8. The molecule has 2 aromatic rings. The highest BCUT2D eigenvalue weighted by Gasteiger charge is 2.45. The number of hydrogen-bond acceptors (Lipinski definition) is 9. The number of nitrogens with one attached hydrogen (secondary N) is 1. The minimum Gasteiger partial charge on any atom is -0.453 e. The first-order valence-electron chi connectivity index (χ1n) is 7.82. The molecule has 0 radical (unpaired) electrons. The Bertz CT molecular complexity index is 941. The fourth-order valence-electron chi connectivity index (χ4n) is 2.58. The Morgan fingerprint density at radius 2 is 2.27 bits per heavy atom. The van der Waals surface area contributed by atoms with Crippen molar-refractivity contribution in [3.05, 3.63) is 16.7 Å². The van der Waals surface area contributed by atoms with Crippen LogP contribution in [0.4, 0.5) is 5.95 Å². The molecule has 11 heteroatoms. The van der Waals surface area contributed by atoms with Crippen molar-refractivity contribution in [2.24, 2.45) is 0 Å². The molecule has 26 heavy (non-hydrogen) atoms. The van der Waals surface area contributed by atoms with E-state index in [4.69, 9.17) is 15.2 Å². The Morgan fingerprint density at radius 3 is 3.00 bits per heavy atom. The molecule has 3 heterocycles. The number of H-pyrrole nitrogens is 1. The number of carbonyl (C=O) groups is 1. The summed E-state index contributed by atoms with van der Waals surface area (Å²) in [5.41, 5.74) is 5.09. The molecule has 138 valence electrons. The lowest BCUT2D eigenvalue weighted by atomic mass is 10.1. The lowest BCUT2D eigenvalue weighted by Crippen LogP contribution is -2.34. The van der Waals surface area contributed by atoms with Crippen LogP contribution in [0.3, 0.4) is 0 Å². The summed E-state index contributed by atoms with van der Waals surface area (Å²) in [4.78, 5) is 33.5. The van der Waals surface area contributed by atoms with E-state index in [1.54, 1.807) is 6.92 Å². The number of hydrogen-bond donors (Lipinski definition) is 4. The van der Waals surface area contributed by atoms with Gasteiger partial charge in [-0.2, -0.15) is 4.98 Å². The second kappa shape index (κ2) is 7.12. The van der Waals surface area contributed by atoms with E-state index in [9.17, 15) is 19.8 Å². The zero-order valence-corrected chi connectivity index (χ0v) is 13.7. The van der Waals surface area contributed by atoms with Crippen LogP contribution in [-0.2, 0) is 14.3 Å². The number of rotatable bonds is 3. The van der Waals surface area contributed by atoms with Crippen molar-refractivity contribution >= 4 is 23.1 Å². The Hall–Kier alpha value is -2.94. The topological polar surface area (TPSA) is 166 Å². The summed E-state index contributed by atoms with van der Waals surface area (Å²) in [6.07, 6.45) is -3.02. The number of fused-ring (bicyclic) bond motifs is 1. The van der Waals surface area contributed by atoms with E-state index in [0.29, 0.717) is 6.42 Å². The number of anilines is 1. The molecule has 0 aromatic carbocycles. The molecule has 0 aliphatic carbocycles. The molecule has 0 spiro atoms. The maximum Gasteiger partial charge on any atom is 0.384 e. The average molecular weight is 363 g/mol. The van der Waals surface area contributed by atoms with Gasteiger partial charge in [0, 0.05) is 12.3 Å². The Labute approximate surface area is 146 Å². The van der Waals surface area contributed by atoms with Crippen molar-refractivity contribution in [3.63, 3.8) is 0 Å². The molecule has 1 saturated heterocycles. The number of aromatic nitrogens is 4. The molecule has 1 aliphatic rings. The largest absolute Gasteiger partial charge is 0.453 e. The van der Waals surface area contributed by atoms with Crippen LogP contribution in [0.2, 0.25) is 0 Å². The molecule has 3 rings (SSSR count). The Morgan fingerprint density at radius 1 is 1.50 bits per heavy atom. The standard InChI is InChI=1S/C15H17N5O6/c1-2-3-4-8(21)25-5-7-10(22)11(23)14(26-7)20-6-17-9-12(20)18-15(16)19-13(9)24/h6-7,10-11,14,22-23H,2,5H2,1H3,(H3,16,18,19,24)/t7-,10-,11-,14-/m1/s1. The number of nitrogens with two attached hydrogens (primary N) is 1. The zero-order valence-electron chi connectivity index (χ0n) is 13.7. The number of nitrogen functional groups attached to an aromatic ring is 1. The third kappa shape index (κ3) is 3.25. The Balaban J connectivity index is 1.80. The van der Waals surface area contributed by atoms with Gasteiger partial charge in [-0.25, -0.2) is 9.78 Å². The number of imidazole rings is 1. The third-order valence-electron chi connectivity index (χ3n) is 3.81. The number of carbonyl (C=O) groups excluding carboxylic acids is 1. The highest BCUT2D eigenvalue weighted by molar-refractivity contribution is 5.88. The highest BCUT2D eigenvalue weighted by Crippen LogP contribution is 2.31. The lowest BCUT2D eigenvalue weighted by molar-refractivity contribution is -0.143. The van der Waals surface area contributed by atoms with Gasteiger partial charge < -0.3 is 25.4 Å². The van der Waals surface area contributed by atoms with Crippen LogP contribution in [0.15, 0.2) is 11.1 Å². The zero-order chi connectivity index (χ0) is 18.8. The highest BCUT2D eigenvalue weighted by atomic mass is 16.6. The van der Waals surface area contributed by atoms with Crippen molar-refractivity contribution in [3.8, 4) is 11.8 Å². The van der Waals surface area contributed by atoms with Gasteiger partial charge in [0.25, 0.3) is 5.56 Å². The predicted molar refractivity (Wildman–Crippen MR) is 87.5 cm³/mol. The van der Waals surface area contributed by atoms with Gasteiger partial charge in [0.2, 0.25) is 5.95 Å². The molecule has 0 saturated carbocycles. The first-order chi connectivity index (χ1) is 12.4. The summed E-state index contributed by atoms with van der Waals surface area (Å²) in [7, 11) is 0. The van der Waals surface area contributed by atoms with Crippen LogP contribution in [0.5, 0.6) is 0 Å². The van der Waals surface area contributed by atoms with Crippen LogP contribution < -0.4 is 11.3 Å². The number of aliphatic hydroxyl groups is 2. The summed E-state index contributed by atoms with van der Waals surface area (Å²) in [6, 6.07) is 0. The normalized spacial score (nSPS) is 25.0. The summed E-state index contributed by atoms with van der Waals surface area (Å²) >= 11 is 0. The Kier molecular flexibility index (Phi) is 4.90. The molecule has 0 unspecified atom stereocenters. The number of nitrogens with zero attached hydrogens (tertiary/aromatic N) is 3.